The fraction of sp³-hybridized carbons (Fsp3) is 0.533. The standard InChI is InChI=1S/C15H20N2OS/c18-15(5-2-1-3-6-15)11-16-9-12-8-14-13(17-10-12)4-7-19-14/h4,7-8,10,16,18H,1-3,5-6,9,11H2. The molecule has 2 N–H and O–H groups in total. The van der Waals surface area contributed by atoms with E-state index in [0.29, 0.717) is 6.54 Å². The maximum Gasteiger partial charge on any atom is 0.0809 e. The Hall–Kier alpha value is -0.970. The van der Waals surface area contributed by atoms with E-state index in [-0.39, 0.29) is 0 Å². The minimum atomic E-state index is -0.487. The first-order chi connectivity index (χ1) is 9.25. The topological polar surface area (TPSA) is 45.1 Å². The van der Waals surface area contributed by atoms with Crippen molar-refractivity contribution in [3.05, 3.63) is 29.3 Å². The Morgan fingerprint density at radius 3 is 3.00 bits per heavy atom. The highest BCUT2D eigenvalue weighted by Crippen LogP contribution is 2.27. The summed E-state index contributed by atoms with van der Waals surface area (Å²) in [4.78, 5) is 4.43. The number of hydrogen-bond donors (Lipinski definition) is 2. The number of thiophene rings is 1. The lowest BCUT2D eigenvalue weighted by Gasteiger charge is -2.32. The maximum absolute atomic E-state index is 10.4. The molecule has 3 nitrogen and oxygen atoms in total. The van der Waals surface area contributed by atoms with E-state index in [0.717, 1.165) is 37.7 Å². The smallest absolute Gasteiger partial charge is 0.0809 e. The molecule has 1 fully saturated rings. The summed E-state index contributed by atoms with van der Waals surface area (Å²) in [5, 5.41) is 15.9. The predicted octanol–water partition coefficient (Wildman–Crippen LogP) is 3.08. The molecule has 0 radical (unpaired) electrons. The van der Waals surface area contributed by atoms with Crippen LogP contribution < -0.4 is 5.32 Å². The number of nitrogens with zero attached hydrogens (tertiary/aromatic N) is 1. The Labute approximate surface area is 117 Å². The Balaban J connectivity index is 1.56. The van der Waals surface area contributed by atoms with E-state index in [1.807, 2.05) is 12.3 Å². The van der Waals surface area contributed by atoms with Crippen molar-refractivity contribution in [2.24, 2.45) is 0 Å². The second-order valence-corrected chi connectivity index (χ2v) is 6.48. The van der Waals surface area contributed by atoms with Crippen LogP contribution in [0.25, 0.3) is 10.2 Å². The van der Waals surface area contributed by atoms with Gasteiger partial charge in [0, 0.05) is 19.3 Å². The molecule has 0 amide bonds. The van der Waals surface area contributed by atoms with Gasteiger partial charge in [-0.25, -0.2) is 0 Å². The quantitative estimate of drug-likeness (QED) is 0.902. The summed E-state index contributed by atoms with van der Waals surface area (Å²) in [5.74, 6) is 0. The highest BCUT2D eigenvalue weighted by Gasteiger charge is 2.28. The van der Waals surface area contributed by atoms with E-state index >= 15 is 0 Å². The summed E-state index contributed by atoms with van der Waals surface area (Å²) in [6, 6.07) is 4.23. The first-order valence-electron chi connectivity index (χ1n) is 7.00. The van der Waals surface area contributed by atoms with Crippen molar-refractivity contribution in [2.75, 3.05) is 6.54 Å². The third-order valence-corrected chi connectivity index (χ3v) is 4.78. The average Bonchev–Trinajstić information content (AvgIpc) is 2.87. The zero-order valence-corrected chi connectivity index (χ0v) is 11.9. The second kappa shape index (κ2) is 5.57. The van der Waals surface area contributed by atoms with Crippen molar-refractivity contribution in [3.63, 3.8) is 0 Å². The highest BCUT2D eigenvalue weighted by atomic mass is 32.1. The molecule has 102 valence electrons. The third-order valence-electron chi connectivity index (χ3n) is 3.93. The minimum absolute atomic E-state index is 0.487. The van der Waals surface area contributed by atoms with Gasteiger partial charge in [-0.3, -0.25) is 4.98 Å². The lowest BCUT2D eigenvalue weighted by Crippen LogP contribution is -2.41. The number of fused-ring (bicyclic) bond motifs is 1. The van der Waals surface area contributed by atoms with Crippen LogP contribution in [-0.4, -0.2) is 22.2 Å². The lowest BCUT2D eigenvalue weighted by molar-refractivity contribution is 0.00467. The summed E-state index contributed by atoms with van der Waals surface area (Å²) < 4.78 is 1.23. The van der Waals surface area contributed by atoms with Gasteiger partial charge in [-0.15, -0.1) is 11.3 Å². The van der Waals surface area contributed by atoms with Crippen LogP contribution in [0.2, 0.25) is 0 Å². The molecule has 19 heavy (non-hydrogen) atoms. The van der Waals surface area contributed by atoms with Crippen molar-refractivity contribution in [2.45, 2.75) is 44.2 Å². The molecule has 0 aromatic carbocycles. The molecule has 3 rings (SSSR count). The molecular weight excluding hydrogens is 256 g/mol. The molecule has 2 aromatic rings. The fourth-order valence-electron chi connectivity index (χ4n) is 2.81. The maximum atomic E-state index is 10.4. The Kier molecular flexibility index (Phi) is 3.82. The molecule has 0 aliphatic heterocycles. The molecule has 4 heteroatoms. The van der Waals surface area contributed by atoms with Crippen molar-refractivity contribution in [1.29, 1.82) is 0 Å². The van der Waals surface area contributed by atoms with E-state index in [1.165, 1.54) is 16.7 Å². The Bertz CT molecular complexity index is 546. The zero-order chi connectivity index (χ0) is 13.1. The van der Waals surface area contributed by atoms with E-state index in [1.54, 1.807) is 11.3 Å². The van der Waals surface area contributed by atoms with Crippen LogP contribution in [0.4, 0.5) is 0 Å². The Morgan fingerprint density at radius 1 is 1.32 bits per heavy atom. The van der Waals surface area contributed by atoms with Gasteiger partial charge < -0.3 is 10.4 Å². The van der Waals surface area contributed by atoms with Crippen molar-refractivity contribution in [3.8, 4) is 0 Å². The van der Waals surface area contributed by atoms with E-state index < -0.39 is 5.60 Å². The van der Waals surface area contributed by atoms with Gasteiger partial charge in [0.05, 0.1) is 15.8 Å². The second-order valence-electron chi connectivity index (χ2n) is 5.54. The van der Waals surface area contributed by atoms with Crippen LogP contribution in [0.1, 0.15) is 37.7 Å². The number of nitrogens with one attached hydrogen (secondary N) is 1. The molecule has 0 atom stereocenters. The number of rotatable bonds is 4. The number of hydrogen-bond acceptors (Lipinski definition) is 4. The number of aliphatic hydroxyl groups is 1. The summed E-state index contributed by atoms with van der Waals surface area (Å²) in [6.45, 7) is 1.47. The van der Waals surface area contributed by atoms with Gasteiger partial charge in [0.15, 0.2) is 0 Å². The van der Waals surface area contributed by atoms with Crippen LogP contribution in [0.15, 0.2) is 23.7 Å². The summed E-state index contributed by atoms with van der Waals surface area (Å²) in [7, 11) is 0. The summed E-state index contributed by atoms with van der Waals surface area (Å²) in [6.07, 6.45) is 7.36. The van der Waals surface area contributed by atoms with Gasteiger partial charge in [-0.05, 0) is 35.9 Å². The molecule has 1 aliphatic rings. The predicted molar refractivity (Wildman–Crippen MR) is 79.4 cm³/mol. The summed E-state index contributed by atoms with van der Waals surface area (Å²) in [5.41, 5.74) is 1.77. The monoisotopic (exact) mass is 276 g/mol. The lowest BCUT2D eigenvalue weighted by atomic mass is 9.85. The molecule has 1 saturated carbocycles. The van der Waals surface area contributed by atoms with Crippen molar-refractivity contribution >= 4 is 21.6 Å². The normalized spacial score (nSPS) is 18.8. The molecule has 0 saturated heterocycles. The number of aromatic nitrogens is 1. The Morgan fingerprint density at radius 2 is 2.16 bits per heavy atom. The molecule has 0 bridgehead atoms. The van der Waals surface area contributed by atoms with Crippen LogP contribution in [-0.2, 0) is 6.54 Å². The largest absolute Gasteiger partial charge is 0.389 e. The van der Waals surface area contributed by atoms with Gasteiger partial charge in [0.2, 0.25) is 0 Å². The molecule has 0 unspecified atom stereocenters. The average molecular weight is 276 g/mol. The first-order valence-corrected chi connectivity index (χ1v) is 7.88. The van der Waals surface area contributed by atoms with Gasteiger partial charge >= 0.3 is 0 Å². The van der Waals surface area contributed by atoms with Crippen LogP contribution >= 0.6 is 11.3 Å². The summed E-state index contributed by atoms with van der Waals surface area (Å²) >= 11 is 1.72. The van der Waals surface area contributed by atoms with Crippen molar-refractivity contribution < 1.29 is 5.11 Å². The van der Waals surface area contributed by atoms with Crippen LogP contribution in [0.5, 0.6) is 0 Å². The van der Waals surface area contributed by atoms with Gasteiger partial charge in [-0.1, -0.05) is 19.3 Å². The van der Waals surface area contributed by atoms with Crippen LogP contribution in [0, 0.1) is 0 Å². The van der Waals surface area contributed by atoms with Gasteiger partial charge in [0.25, 0.3) is 0 Å². The van der Waals surface area contributed by atoms with E-state index in [4.69, 9.17) is 0 Å². The number of pyridine rings is 1. The fourth-order valence-corrected chi connectivity index (χ4v) is 3.61. The van der Waals surface area contributed by atoms with Crippen molar-refractivity contribution in [1.82, 2.24) is 10.3 Å². The third kappa shape index (κ3) is 3.14. The van der Waals surface area contributed by atoms with Crippen LogP contribution in [0.3, 0.4) is 0 Å². The molecule has 2 heterocycles. The zero-order valence-electron chi connectivity index (χ0n) is 11.1. The van der Waals surface area contributed by atoms with E-state index in [2.05, 4.69) is 21.7 Å². The first kappa shape index (κ1) is 13.0. The highest BCUT2D eigenvalue weighted by molar-refractivity contribution is 7.17. The SMILES string of the molecule is OC1(CNCc2cnc3ccsc3c2)CCCCC1. The molecular formula is C15H20N2OS. The molecule has 2 aromatic heterocycles. The molecule has 0 spiro atoms. The minimum Gasteiger partial charge on any atom is -0.389 e. The molecule has 1 aliphatic carbocycles. The van der Waals surface area contributed by atoms with Gasteiger partial charge in [-0.2, -0.15) is 0 Å². The van der Waals surface area contributed by atoms with E-state index in [9.17, 15) is 5.11 Å². The van der Waals surface area contributed by atoms with Gasteiger partial charge in [0.1, 0.15) is 0 Å².